The zero-order valence-corrected chi connectivity index (χ0v) is 9.16. The summed E-state index contributed by atoms with van der Waals surface area (Å²) < 4.78 is 0. The molecule has 1 nitrogen and oxygen atoms in total. The molecule has 0 bridgehead atoms. The molecule has 0 amide bonds. The lowest BCUT2D eigenvalue weighted by atomic mass is 10.3. The number of halogens is 2. The molecule has 0 spiro atoms. The highest BCUT2D eigenvalue weighted by molar-refractivity contribution is 7.99. The Morgan fingerprint density at radius 1 is 1.46 bits per heavy atom. The molecule has 0 unspecified atom stereocenters. The molecular weight excluding hydrogens is 225 g/mol. The highest BCUT2D eigenvalue weighted by Gasteiger charge is 1.99. The number of para-hydroxylation sites is 1. The lowest BCUT2D eigenvalue weighted by Gasteiger charge is -2.03. The van der Waals surface area contributed by atoms with E-state index < -0.39 is 0 Å². The van der Waals surface area contributed by atoms with E-state index in [-0.39, 0.29) is 0 Å². The Balaban J connectivity index is 2.60. The van der Waals surface area contributed by atoms with Crippen LogP contribution in [0.4, 0.5) is 5.69 Å². The molecule has 0 saturated carbocycles. The van der Waals surface area contributed by atoms with Gasteiger partial charge >= 0.3 is 0 Å². The molecule has 0 aliphatic rings. The fourth-order valence-electron chi connectivity index (χ4n) is 0.790. The number of hydrogen-bond donors (Lipinski definition) is 1. The summed E-state index contributed by atoms with van der Waals surface area (Å²) in [6.45, 7) is 0. The average molecular weight is 234 g/mol. The van der Waals surface area contributed by atoms with Crippen LogP contribution in [0, 0.1) is 0 Å². The number of hydrogen-bond acceptors (Lipinski definition) is 2. The number of nitrogen functional groups attached to an aromatic ring is 1. The minimum Gasteiger partial charge on any atom is -0.398 e. The number of benzene rings is 1. The zero-order valence-electron chi connectivity index (χ0n) is 6.84. The fourth-order valence-corrected chi connectivity index (χ4v) is 1.91. The molecule has 0 aliphatic heterocycles. The standard InChI is InChI=1S/C9H9Cl2NS/c10-5-7(11)6-13-9-4-2-1-3-8(9)12/h1-5H,6,12H2. The molecular formula is C9H9Cl2NS. The van der Waals surface area contributed by atoms with Crippen molar-refractivity contribution in [3.05, 3.63) is 34.8 Å². The summed E-state index contributed by atoms with van der Waals surface area (Å²) in [5.74, 6) is 0.652. The van der Waals surface area contributed by atoms with Gasteiger partial charge in [-0.2, -0.15) is 0 Å². The molecule has 13 heavy (non-hydrogen) atoms. The molecule has 0 radical (unpaired) electrons. The van der Waals surface area contributed by atoms with Gasteiger partial charge < -0.3 is 5.73 Å². The normalized spacial score (nSPS) is 11.7. The molecule has 2 N–H and O–H groups in total. The maximum absolute atomic E-state index is 5.74. The monoisotopic (exact) mass is 233 g/mol. The van der Waals surface area contributed by atoms with Crippen LogP contribution < -0.4 is 5.73 Å². The van der Waals surface area contributed by atoms with Crippen molar-refractivity contribution in [3.8, 4) is 0 Å². The lowest BCUT2D eigenvalue weighted by molar-refractivity contribution is 1.46. The predicted molar refractivity (Wildman–Crippen MR) is 61.4 cm³/mol. The summed E-state index contributed by atoms with van der Waals surface area (Å²) in [6.07, 6.45) is 0. The Morgan fingerprint density at radius 2 is 2.15 bits per heavy atom. The summed E-state index contributed by atoms with van der Waals surface area (Å²) in [7, 11) is 0. The molecule has 1 aromatic carbocycles. The number of thioether (sulfide) groups is 1. The van der Waals surface area contributed by atoms with Crippen molar-refractivity contribution in [2.45, 2.75) is 4.90 Å². The van der Waals surface area contributed by atoms with Crippen LogP contribution >= 0.6 is 35.0 Å². The maximum atomic E-state index is 5.74. The lowest BCUT2D eigenvalue weighted by Crippen LogP contribution is -1.88. The molecule has 0 aliphatic carbocycles. The van der Waals surface area contributed by atoms with E-state index in [0.717, 1.165) is 10.6 Å². The van der Waals surface area contributed by atoms with E-state index in [9.17, 15) is 0 Å². The van der Waals surface area contributed by atoms with E-state index in [1.54, 1.807) is 11.8 Å². The second-order valence-corrected chi connectivity index (χ2v) is 4.10. The zero-order chi connectivity index (χ0) is 9.68. The van der Waals surface area contributed by atoms with Crippen LogP contribution in [0.3, 0.4) is 0 Å². The molecule has 70 valence electrons. The van der Waals surface area contributed by atoms with Gasteiger partial charge in [0.1, 0.15) is 0 Å². The highest BCUT2D eigenvalue weighted by Crippen LogP contribution is 2.27. The van der Waals surface area contributed by atoms with Crippen LogP contribution in [-0.4, -0.2) is 5.75 Å². The largest absolute Gasteiger partial charge is 0.398 e. The van der Waals surface area contributed by atoms with Gasteiger partial charge in [0.25, 0.3) is 0 Å². The summed E-state index contributed by atoms with van der Waals surface area (Å²) in [5.41, 5.74) is 7.87. The van der Waals surface area contributed by atoms with E-state index in [1.165, 1.54) is 5.54 Å². The van der Waals surface area contributed by atoms with Crippen molar-refractivity contribution >= 4 is 40.7 Å². The first kappa shape index (κ1) is 10.8. The van der Waals surface area contributed by atoms with Gasteiger partial charge in [0.15, 0.2) is 0 Å². The Kier molecular flexibility index (Phi) is 4.50. The van der Waals surface area contributed by atoms with Crippen molar-refractivity contribution < 1.29 is 0 Å². The third-order valence-electron chi connectivity index (χ3n) is 1.40. The minimum atomic E-state index is 0.620. The summed E-state index contributed by atoms with van der Waals surface area (Å²) in [6, 6.07) is 7.66. The Bertz CT molecular complexity index is 312. The summed E-state index contributed by atoms with van der Waals surface area (Å²) in [5, 5.41) is 0.620. The van der Waals surface area contributed by atoms with E-state index >= 15 is 0 Å². The molecule has 0 fully saturated rings. The van der Waals surface area contributed by atoms with E-state index in [4.69, 9.17) is 28.9 Å². The maximum Gasteiger partial charge on any atom is 0.0452 e. The summed E-state index contributed by atoms with van der Waals surface area (Å²) in [4.78, 5) is 1.03. The molecule has 1 rings (SSSR count). The second-order valence-electron chi connectivity index (χ2n) is 2.38. The Labute approximate surface area is 91.9 Å². The van der Waals surface area contributed by atoms with Crippen molar-refractivity contribution in [2.75, 3.05) is 11.5 Å². The van der Waals surface area contributed by atoms with Crippen LogP contribution in [0.5, 0.6) is 0 Å². The first-order valence-electron chi connectivity index (χ1n) is 3.66. The quantitative estimate of drug-likeness (QED) is 0.637. The van der Waals surface area contributed by atoms with Crippen LogP contribution in [0.1, 0.15) is 0 Å². The predicted octanol–water partition coefficient (Wildman–Crippen LogP) is 3.68. The third kappa shape index (κ3) is 3.51. The Morgan fingerprint density at radius 3 is 2.77 bits per heavy atom. The van der Waals surface area contributed by atoms with Gasteiger partial charge in [-0.05, 0) is 12.1 Å². The van der Waals surface area contributed by atoms with Crippen molar-refractivity contribution in [3.63, 3.8) is 0 Å². The number of nitrogens with two attached hydrogens (primary N) is 1. The second kappa shape index (κ2) is 5.43. The van der Waals surface area contributed by atoms with Crippen LogP contribution in [0.2, 0.25) is 0 Å². The van der Waals surface area contributed by atoms with Gasteiger partial charge in [-0.25, -0.2) is 0 Å². The molecule has 0 heterocycles. The first-order chi connectivity index (χ1) is 6.24. The SMILES string of the molecule is Nc1ccccc1SCC(Cl)=CCl. The van der Waals surface area contributed by atoms with Crippen molar-refractivity contribution in [1.82, 2.24) is 0 Å². The fraction of sp³-hybridized carbons (Fsp3) is 0.111. The van der Waals surface area contributed by atoms with Crippen molar-refractivity contribution in [1.29, 1.82) is 0 Å². The average Bonchev–Trinajstić information content (AvgIpc) is 2.16. The number of rotatable bonds is 3. The molecule has 0 atom stereocenters. The van der Waals surface area contributed by atoms with Crippen molar-refractivity contribution in [2.24, 2.45) is 0 Å². The van der Waals surface area contributed by atoms with Gasteiger partial charge in [-0.15, -0.1) is 11.8 Å². The van der Waals surface area contributed by atoms with E-state index in [1.807, 2.05) is 24.3 Å². The highest BCUT2D eigenvalue weighted by atomic mass is 35.5. The smallest absolute Gasteiger partial charge is 0.0452 e. The topological polar surface area (TPSA) is 26.0 Å². The summed E-state index contributed by atoms with van der Waals surface area (Å²) >= 11 is 12.7. The molecule has 0 aromatic heterocycles. The molecule has 0 saturated heterocycles. The van der Waals surface area contributed by atoms with Gasteiger partial charge in [-0.3, -0.25) is 0 Å². The third-order valence-corrected chi connectivity index (χ3v) is 3.32. The first-order valence-corrected chi connectivity index (χ1v) is 5.46. The Hall–Kier alpha value is -0.310. The van der Waals surface area contributed by atoms with E-state index in [0.29, 0.717) is 10.8 Å². The van der Waals surface area contributed by atoms with E-state index in [2.05, 4.69) is 0 Å². The number of anilines is 1. The van der Waals surface area contributed by atoms with Gasteiger partial charge in [0.2, 0.25) is 0 Å². The minimum absolute atomic E-state index is 0.620. The molecule has 1 aromatic rings. The van der Waals surface area contributed by atoms with Crippen LogP contribution in [0.15, 0.2) is 39.7 Å². The van der Waals surface area contributed by atoms with Gasteiger partial charge in [0, 0.05) is 26.9 Å². The van der Waals surface area contributed by atoms with Crippen LogP contribution in [0.25, 0.3) is 0 Å². The van der Waals surface area contributed by atoms with Gasteiger partial charge in [-0.1, -0.05) is 35.3 Å². The van der Waals surface area contributed by atoms with Gasteiger partial charge in [0.05, 0.1) is 0 Å². The molecule has 4 heteroatoms. The van der Waals surface area contributed by atoms with Crippen LogP contribution in [-0.2, 0) is 0 Å².